The highest BCUT2D eigenvalue weighted by atomic mass is 35.5. The molecule has 2 amide bonds. The Morgan fingerprint density at radius 3 is 2.42 bits per heavy atom. The lowest BCUT2D eigenvalue weighted by atomic mass is 9.72. The molecule has 7 nitrogen and oxygen atoms in total. The van der Waals surface area contributed by atoms with Crippen molar-refractivity contribution < 1.29 is 28.2 Å². The first-order valence-electron chi connectivity index (χ1n) is 14.8. The van der Waals surface area contributed by atoms with E-state index < -0.39 is 23.6 Å². The van der Waals surface area contributed by atoms with Crippen molar-refractivity contribution in [3.63, 3.8) is 0 Å². The van der Waals surface area contributed by atoms with Crippen molar-refractivity contribution in [2.45, 2.75) is 65.1 Å². The normalized spacial score (nSPS) is 17.6. The molecule has 5 rings (SSSR count). The first-order chi connectivity index (χ1) is 21.4. The average Bonchev–Trinajstić information content (AvgIpc) is 3.38. The lowest BCUT2D eigenvalue weighted by Gasteiger charge is -2.43. The fourth-order valence-electron chi connectivity index (χ4n) is 6.43. The van der Waals surface area contributed by atoms with Crippen LogP contribution in [0.1, 0.15) is 61.7 Å². The number of carboxylic acid groups (broad SMARTS) is 1. The Morgan fingerprint density at radius 1 is 1.11 bits per heavy atom. The summed E-state index contributed by atoms with van der Waals surface area (Å²) in [7, 11) is 1.56. The van der Waals surface area contributed by atoms with Crippen molar-refractivity contribution in [1.29, 1.82) is 0 Å². The van der Waals surface area contributed by atoms with Crippen molar-refractivity contribution >= 4 is 45.0 Å². The topological polar surface area (TPSA) is 91.8 Å². The van der Waals surface area contributed by atoms with E-state index in [1.54, 1.807) is 18.2 Å². The maximum Gasteiger partial charge on any atom is 0.404 e. The van der Waals surface area contributed by atoms with Crippen molar-refractivity contribution in [2.75, 3.05) is 7.11 Å². The van der Waals surface area contributed by atoms with Crippen molar-refractivity contribution in [2.24, 2.45) is 11.3 Å². The van der Waals surface area contributed by atoms with Gasteiger partial charge < -0.3 is 20.1 Å². The third-order valence-corrected chi connectivity index (χ3v) is 10.3. The molecule has 2 aromatic carbocycles. The highest BCUT2D eigenvalue weighted by molar-refractivity contribution is 7.21. The molecular weight excluding hydrogens is 620 g/mol. The molecule has 1 fully saturated rings. The van der Waals surface area contributed by atoms with E-state index >= 15 is 0 Å². The van der Waals surface area contributed by atoms with E-state index in [4.69, 9.17) is 16.3 Å². The number of fused-ring (bicyclic) bond motifs is 1. The SMILES string of the molecule is COc1ccc(-c2ccccn2)cc1CN(C(=O)c1sc2c(F)ccc(F)c2c1Cl)C1CCC(C(NC(=O)O)C(C)(C)C)CC1. The number of hydrogen-bond donors (Lipinski definition) is 2. The zero-order valence-corrected chi connectivity index (χ0v) is 27.1. The first kappa shape index (κ1) is 32.6. The molecule has 1 aliphatic carbocycles. The van der Waals surface area contributed by atoms with Gasteiger partial charge in [0.25, 0.3) is 5.91 Å². The second-order valence-corrected chi connectivity index (χ2v) is 13.9. The number of pyridine rings is 1. The minimum atomic E-state index is -1.06. The Balaban J connectivity index is 1.52. The van der Waals surface area contributed by atoms with Gasteiger partial charge in [0, 0.05) is 36.0 Å². The maximum atomic E-state index is 14.8. The van der Waals surface area contributed by atoms with Gasteiger partial charge in [-0.25, -0.2) is 13.6 Å². The minimum Gasteiger partial charge on any atom is -0.496 e. The van der Waals surface area contributed by atoms with Gasteiger partial charge in [0.1, 0.15) is 22.3 Å². The lowest BCUT2D eigenvalue weighted by Crippen LogP contribution is -2.50. The lowest BCUT2D eigenvalue weighted by molar-refractivity contribution is 0.0543. The summed E-state index contributed by atoms with van der Waals surface area (Å²) in [6.07, 6.45) is 3.23. The summed E-state index contributed by atoms with van der Waals surface area (Å²) < 4.78 is 35.2. The van der Waals surface area contributed by atoms with Gasteiger partial charge in [-0.15, -0.1) is 11.3 Å². The maximum absolute atomic E-state index is 14.8. The molecule has 2 aromatic heterocycles. The molecule has 45 heavy (non-hydrogen) atoms. The molecule has 1 saturated carbocycles. The minimum absolute atomic E-state index is 0.00509. The predicted octanol–water partition coefficient (Wildman–Crippen LogP) is 8.79. The summed E-state index contributed by atoms with van der Waals surface area (Å²) in [5, 5.41) is 12.0. The van der Waals surface area contributed by atoms with Crippen molar-refractivity contribution in [3.8, 4) is 17.0 Å². The van der Waals surface area contributed by atoms with E-state index in [-0.39, 0.29) is 49.9 Å². The highest BCUT2D eigenvalue weighted by Crippen LogP contribution is 2.42. The molecule has 0 spiro atoms. The molecule has 4 aromatic rings. The average molecular weight is 656 g/mol. The van der Waals surface area contributed by atoms with Crippen LogP contribution in [0, 0.1) is 23.0 Å². The van der Waals surface area contributed by atoms with Crippen LogP contribution in [-0.2, 0) is 6.54 Å². The summed E-state index contributed by atoms with van der Waals surface area (Å²) in [5.41, 5.74) is 2.05. The third-order valence-electron chi connectivity index (χ3n) is 8.58. The number of methoxy groups -OCH3 is 1. The summed E-state index contributed by atoms with van der Waals surface area (Å²) in [6, 6.07) is 12.8. The van der Waals surface area contributed by atoms with E-state index in [1.807, 2.05) is 57.2 Å². The van der Waals surface area contributed by atoms with Crippen LogP contribution in [-0.4, -0.2) is 46.2 Å². The van der Waals surface area contributed by atoms with Gasteiger partial charge in [-0.1, -0.05) is 38.4 Å². The standard InChI is InChI=1S/C34H36ClF2N3O4S/c1-34(2,3)31(39-33(42)43)19-8-11-22(12-9-19)40(32(41)30-28(35)27-23(36)13-14-24(37)29(27)45-30)18-21-17-20(10-15-26(21)44-4)25-7-5-6-16-38-25/h5-7,10,13-17,19,22,31,39H,8-9,11-12,18H2,1-4H3,(H,42,43). The molecule has 1 aliphatic rings. The number of ether oxygens (including phenoxy) is 1. The van der Waals surface area contributed by atoms with Gasteiger partial charge in [0.15, 0.2) is 0 Å². The number of carbonyl (C=O) groups is 2. The van der Waals surface area contributed by atoms with Crippen LogP contribution in [0.5, 0.6) is 5.75 Å². The number of hydrogen-bond acceptors (Lipinski definition) is 5. The Morgan fingerprint density at radius 2 is 1.82 bits per heavy atom. The van der Waals surface area contributed by atoms with Gasteiger partial charge in [-0.05, 0) is 79.5 Å². The van der Waals surface area contributed by atoms with Gasteiger partial charge >= 0.3 is 6.09 Å². The smallest absolute Gasteiger partial charge is 0.404 e. The van der Waals surface area contributed by atoms with Crippen LogP contribution >= 0.6 is 22.9 Å². The number of thiophene rings is 1. The number of nitrogens with zero attached hydrogens (tertiary/aromatic N) is 2. The molecule has 0 radical (unpaired) electrons. The van der Waals surface area contributed by atoms with Crippen LogP contribution in [0.3, 0.4) is 0 Å². The zero-order valence-electron chi connectivity index (χ0n) is 25.6. The molecule has 1 unspecified atom stereocenters. The summed E-state index contributed by atoms with van der Waals surface area (Å²) in [6.45, 7) is 6.19. The second kappa shape index (κ2) is 13.3. The summed E-state index contributed by atoms with van der Waals surface area (Å²) in [5.74, 6) is -1.10. The molecule has 11 heteroatoms. The molecular formula is C34H36ClF2N3O4S. The van der Waals surface area contributed by atoms with E-state index in [0.717, 1.165) is 40.3 Å². The van der Waals surface area contributed by atoms with Crippen molar-refractivity contribution in [3.05, 3.63) is 81.8 Å². The largest absolute Gasteiger partial charge is 0.496 e. The molecule has 1 atom stereocenters. The van der Waals surface area contributed by atoms with Crippen LogP contribution in [0.2, 0.25) is 5.02 Å². The molecule has 238 valence electrons. The summed E-state index contributed by atoms with van der Waals surface area (Å²) in [4.78, 5) is 32.3. The monoisotopic (exact) mass is 655 g/mol. The Labute approximate surface area is 270 Å². The van der Waals surface area contributed by atoms with Crippen LogP contribution in [0.4, 0.5) is 13.6 Å². The Kier molecular flexibility index (Phi) is 9.65. The van der Waals surface area contributed by atoms with Crippen LogP contribution in [0.25, 0.3) is 21.3 Å². The number of halogens is 3. The number of amides is 2. The fraction of sp³-hybridized carbons (Fsp3) is 0.382. The number of nitrogens with one attached hydrogen (secondary N) is 1. The molecule has 0 aliphatic heterocycles. The van der Waals surface area contributed by atoms with E-state index in [1.165, 1.54) is 0 Å². The number of aromatic nitrogens is 1. The van der Waals surface area contributed by atoms with E-state index in [0.29, 0.717) is 31.4 Å². The molecule has 2 N–H and O–H groups in total. The Bertz CT molecular complexity index is 1700. The van der Waals surface area contributed by atoms with Gasteiger partial charge in [-0.3, -0.25) is 9.78 Å². The highest BCUT2D eigenvalue weighted by Gasteiger charge is 2.39. The number of benzene rings is 2. The quantitative estimate of drug-likeness (QED) is 0.198. The molecule has 0 saturated heterocycles. The van der Waals surface area contributed by atoms with E-state index in [9.17, 15) is 23.5 Å². The predicted molar refractivity (Wildman–Crippen MR) is 173 cm³/mol. The summed E-state index contributed by atoms with van der Waals surface area (Å²) >= 11 is 7.45. The third kappa shape index (κ3) is 6.92. The van der Waals surface area contributed by atoms with Gasteiger partial charge in [-0.2, -0.15) is 0 Å². The second-order valence-electron chi connectivity index (χ2n) is 12.5. The molecule has 2 heterocycles. The Hall–Kier alpha value is -3.76. The molecule has 0 bridgehead atoms. The van der Waals surface area contributed by atoms with Crippen LogP contribution < -0.4 is 10.1 Å². The number of rotatable bonds is 8. The van der Waals surface area contributed by atoms with Gasteiger partial charge in [0.2, 0.25) is 0 Å². The zero-order chi connectivity index (χ0) is 32.5. The van der Waals surface area contributed by atoms with E-state index in [2.05, 4.69) is 10.3 Å². The number of carbonyl (C=O) groups excluding carboxylic acids is 1. The first-order valence-corrected chi connectivity index (χ1v) is 16.0. The fourth-order valence-corrected chi connectivity index (χ4v) is 7.94. The van der Waals surface area contributed by atoms with Gasteiger partial charge in [0.05, 0.1) is 27.9 Å². The van der Waals surface area contributed by atoms with Crippen LogP contribution in [0.15, 0.2) is 54.7 Å². The van der Waals surface area contributed by atoms with Crippen molar-refractivity contribution in [1.82, 2.24) is 15.2 Å².